The molecule has 1 aliphatic rings. The molecule has 0 nitrogen and oxygen atoms in total. The molecule has 0 heterocycles. The average molecular weight is 147 g/mol. The van der Waals surface area contributed by atoms with E-state index >= 15 is 0 Å². The standard InChI is InChI=1S/C11H15/c1-2-4-6-8-10-11-9-7-5-3-1/h1-2,7,9-10H,3-6,8H2. The summed E-state index contributed by atoms with van der Waals surface area (Å²) in [5, 5.41) is 0. The van der Waals surface area contributed by atoms with Crippen molar-refractivity contribution in [2.75, 3.05) is 0 Å². The summed E-state index contributed by atoms with van der Waals surface area (Å²) < 4.78 is 0. The van der Waals surface area contributed by atoms with E-state index in [2.05, 4.69) is 30.4 Å². The second kappa shape index (κ2) is 5.96. The molecule has 0 atom stereocenters. The summed E-state index contributed by atoms with van der Waals surface area (Å²) in [4.78, 5) is 0. The second-order valence-corrected chi connectivity index (χ2v) is 2.75. The third-order valence-electron chi connectivity index (χ3n) is 1.72. The van der Waals surface area contributed by atoms with Gasteiger partial charge in [-0.1, -0.05) is 30.4 Å². The number of hydrogen-bond acceptors (Lipinski definition) is 0. The van der Waals surface area contributed by atoms with Crippen LogP contribution in [0.25, 0.3) is 0 Å². The van der Waals surface area contributed by atoms with Gasteiger partial charge in [0.15, 0.2) is 0 Å². The predicted octanol–water partition coefficient (Wildman–Crippen LogP) is 3.42. The minimum Gasteiger partial charge on any atom is -0.0885 e. The maximum atomic E-state index is 3.15. The number of hydrogen-bond donors (Lipinski definition) is 0. The molecule has 0 aliphatic heterocycles. The lowest BCUT2D eigenvalue weighted by molar-refractivity contribution is 0.863. The van der Waals surface area contributed by atoms with Crippen LogP contribution in [-0.4, -0.2) is 0 Å². The Morgan fingerprint density at radius 1 is 0.818 bits per heavy atom. The zero-order valence-electron chi connectivity index (χ0n) is 6.92. The normalized spacial score (nSPS) is 19.6. The van der Waals surface area contributed by atoms with Crippen molar-refractivity contribution in [1.29, 1.82) is 0 Å². The van der Waals surface area contributed by atoms with Crippen molar-refractivity contribution in [1.82, 2.24) is 0 Å². The summed E-state index contributed by atoms with van der Waals surface area (Å²) in [6.45, 7) is 0. The van der Waals surface area contributed by atoms with Gasteiger partial charge in [0, 0.05) is 0 Å². The van der Waals surface area contributed by atoms with Crippen molar-refractivity contribution in [3.63, 3.8) is 0 Å². The monoisotopic (exact) mass is 147 g/mol. The van der Waals surface area contributed by atoms with Crippen molar-refractivity contribution in [2.45, 2.75) is 32.1 Å². The van der Waals surface area contributed by atoms with E-state index in [1.165, 1.54) is 19.3 Å². The highest BCUT2D eigenvalue weighted by Crippen LogP contribution is 2.02. The SMILES string of the molecule is [C]1=CCCCC=CCCC=C1. The first kappa shape index (κ1) is 8.32. The molecule has 0 bridgehead atoms. The van der Waals surface area contributed by atoms with Gasteiger partial charge in [0.2, 0.25) is 0 Å². The Hall–Kier alpha value is -0.780. The van der Waals surface area contributed by atoms with E-state index in [1.54, 1.807) is 0 Å². The smallest absolute Gasteiger partial charge is 0.0230 e. The first-order valence-electron chi connectivity index (χ1n) is 4.38. The van der Waals surface area contributed by atoms with Gasteiger partial charge >= 0.3 is 0 Å². The van der Waals surface area contributed by atoms with Crippen molar-refractivity contribution in [3.8, 4) is 0 Å². The highest BCUT2D eigenvalue weighted by atomic mass is 13.9. The van der Waals surface area contributed by atoms with Gasteiger partial charge < -0.3 is 0 Å². The molecule has 1 radical (unpaired) electrons. The fourth-order valence-corrected chi connectivity index (χ4v) is 1.07. The molecular formula is C11H15. The molecule has 0 aromatic carbocycles. The van der Waals surface area contributed by atoms with Crippen LogP contribution in [0.3, 0.4) is 0 Å². The van der Waals surface area contributed by atoms with E-state index in [-0.39, 0.29) is 0 Å². The Labute approximate surface area is 69.3 Å². The van der Waals surface area contributed by atoms with E-state index in [1.807, 2.05) is 6.08 Å². The molecule has 1 aliphatic carbocycles. The highest BCUT2D eigenvalue weighted by Gasteiger charge is 1.82. The Morgan fingerprint density at radius 2 is 1.64 bits per heavy atom. The fraction of sp³-hybridized carbons (Fsp3) is 0.455. The lowest BCUT2D eigenvalue weighted by atomic mass is 10.2. The molecular weight excluding hydrogens is 132 g/mol. The zero-order chi connectivity index (χ0) is 7.78. The first-order chi connectivity index (χ1) is 5.50. The first-order valence-corrected chi connectivity index (χ1v) is 4.38. The largest absolute Gasteiger partial charge is 0.0885 e. The molecule has 0 heteroatoms. The van der Waals surface area contributed by atoms with E-state index in [0.717, 1.165) is 12.8 Å². The molecule has 11 heavy (non-hydrogen) atoms. The van der Waals surface area contributed by atoms with Gasteiger partial charge in [-0.05, 0) is 38.2 Å². The quantitative estimate of drug-likeness (QED) is 0.460. The zero-order valence-corrected chi connectivity index (χ0v) is 6.92. The topological polar surface area (TPSA) is 0 Å². The Morgan fingerprint density at radius 3 is 2.64 bits per heavy atom. The minimum atomic E-state index is 1.15. The van der Waals surface area contributed by atoms with E-state index in [4.69, 9.17) is 0 Å². The molecule has 0 fully saturated rings. The second-order valence-electron chi connectivity index (χ2n) is 2.75. The number of allylic oxidation sites excluding steroid dienone is 6. The summed E-state index contributed by atoms with van der Waals surface area (Å²) in [6.07, 6.45) is 20.0. The van der Waals surface area contributed by atoms with Gasteiger partial charge in [-0.3, -0.25) is 0 Å². The lowest BCUT2D eigenvalue weighted by Gasteiger charge is -1.88. The van der Waals surface area contributed by atoms with Crippen LogP contribution in [0.5, 0.6) is 0 Å². The maximum Gasteiger partial charge on any atom is -0.0230 e. The lowest BCUT2D eigenvalue weighted by Crippen LogP contribution is -1.68. The van der Waals surface area contributed by atoms with E-state index < -0.39 is 0 Å². The Balaban J connectivity index is 2.34. The van der Waals surface area contributed by atoms with Gasteiger partial charge in [0.25, 0.3) is 0 Å². The van der Waals surface area contributed by atoms with Crippen LogP contribution in [0.4, 0.5) is 0 Å². The van der Waals surface area contributed by atoms with Crippen LogP contribution >= 0.6 is 0 Å². The van der Waals surface area contributed by atoms with Crippen molar-refractivity contribution in [2.24, 2.45) is 0 Å². The highest BCUT2D eigenvalue weighted by molar-refractivity contribution is 4.97. The molecule has 0 aromatic heterocycles. The van der Waals surface area contributed by atoms with Crippen molar-refractivity contribution >= 4 is 0 Å². The third-order valence-corrected chi connectivity index (χ3v) is 1.72. The van der Waals surface area contributed by atoms with Gasteiger partial charge in [-0.15, -0.1) is 0 Å². The van der Waals surface area contributed by atoms with Gasteiger partial charge in [-0.2, -0.15) is 0 Å². The minimum absolute atomic E-state index is 1.15. The summed E-state index contributed by atoms with van der Waals surface area (Å²) in [6, 6.07) is 0. The Kier molecular flexibility index (Phi) is 4.51. The fourth-order valence-electron chi connectivity index (χ4n) is 1.07. The summed E-state index contributed by atoms with van der Waals surface area (Å²) >= 11 is 0. The summed E-state index contributed by atoms with van der Waals surface area (Å²) in [5.74, 6) is 0. The molecule has 0 spiro atoms. The molecule has 0 N–H and O–H groups in total. The van der Waals surface area contributed by atoms with Crippen LogP contribution in [0.15, 0.2) is 30.4 Å². The maximum absolute atomic E-state index is 3.15. The van der Waals surface area contributed by atoms with Crippen molar-refractivity contribution in [3.05, 3.63) is 36.5 Å². The number of rotatable bonds is 0. The van der Waals surface area contributed by atoms with Crippen molar-refractivity contribution < 1.29 is 0 Å². The predicted molar refractivity (Wildman–Crippen MR) is 49.2 cm³/mol. The molecule has 0 amide bonds. The molecule has 1 rings (SSSR count). The van der Waals surface area contributed by atoms with Gasteiger partial charge in [0.1, 0.15) is 0 Å². The molecule has 0 unspecified atom stereocenters. The molecule has 0 aromatic rings. The average Bonchev–Trinajstić information content (AvgIpc) is 2.08. The Bertz CT molecular complexity index is 161. The molecule has 0 saturated carbocycles. The molecule has 59 valence electrons. The van der Waals surface area contributed by atoms with Gasteiger partial charge in [0.05, 0.1) is 0 Å². The van der Waals surface area contributed by atoms with Crippen LogP contribution < -0.4 is 0 Å². The van der Waals surface area contributed by atoms with E-state index in [9.17, 15) is 0 Å². The summed E-state index contributed by atoms with van der Waals surface area (Å²) in [7, 11) is 0. The third kappa shape index (κ3) is 4.60. The van der Waals surface area contributed by atoms with Crippen LogP contribution in [-0.2, 0) is 0 Å². The van der Waals surface area contributed by atoms with Crippen LogP contribution in [0.1, 0.15) is 32.1 Å². The van der Waals surface area contributed by atoms with Gasteiger partial charge in [-0.25, -0.2) is 0 Å². The summed E-state index contributed by atoms with van der Waals surface area (Å²) in [5.41, 5.74) is 0. The van der Waals surface area contributed by atoms with Crippen LogP contribution in [0, 0.1) is 6.08 Å². The molecule has 0 saturated heterocycles. The van der Waals surface area contributed by atoms with E-state index in [0.29, 0.717) is 0 Å². The van der Waals surface area contributed by atoms with Crippen LogP contribution in [0.2, 0.25) is 0 Å².